The number of nitrogens with zero attached hydrogens (tertiary/aromatic N) is 2. The van der Waals surface area contributed by atoms with E-state index in [1.807, 2.05) is 0 Å². The first-order valence-corrected chi connectivity index (χ1v) is 11.7. The fourth-order valence-electron chi connectivity index (χ4n) is 3.69. The van der Waals surface area contributed by atoms with Crippen LogP contribution in [-0.4, -0.2) is 33.9 Å². The number of amides is 2. The lowest BCUT2D eigenvalue weighted by atomic mass is 10.1. The van der Waals surface area contributed by atoms with E-state index in [1.54, 1.807) is 24.3 Å². The van der Waals surface area contributed by atoms with E-state index in [0.29, 0.717) is 28.6 Å². The van der Waals surface area contributed by atoms with Gasteiger partial charge in [-0.15, -0.1) is 0 Å². The third-order valence-electron chi connectivity index (χ3n) is 5.51. The monoisotopic (exact) mass is 506 g/mol. The molecule has 0 aliphatic carbocycles. The number of hydrogen-bond acceptors (Lipinski definition) is 5. The Bertz CT molecular complexity index is 1240. The Kier molecular flexibility index (Phi) is 9.29. The summed E-state index contributed by atoms with van der Waals surface area (Å²) in [4.78, 5) is 28.4. The van der Waals surface area contributed by atoms with Crippen molar-refractivity contribution in [2.24, 2.45) is 0 Å². The zero-order valence-corrected chi connectivity index (χ0v) is 19.9. The third-order valence-corrected chi connectivity index (χ3v) is 5.51. The summed E-state index contributed by atoms with van der Waals surface area (Å²) in [6, 6.07) is 9.43. The van der Waals surface area contributed by atoms with Gasteiger partial charge in [0.2, 0.25) is 5.88 Å². The molecule has 194 valence electrons. The van der Waals surface area contributed by atoms with Crippen molar-refractivity contribution in [1.29, 1.82) is 0 Å². The highest BCUT2D eigenvalue weighted by atomic mass is 19.4. The first kappa shape index (κ1) is 27.0. The Morgan fingerprint density at radius 1 is 1.11 bits per heavy atom. The number of pyridine rings is 2. The fourth-order valence-corrected chi connectivity index (χ4v) is 3.69. The maximum Gasteiger partial charge on any atom is 0.433 e. The molecule has 0 radical (unpaired) electrons. The maximum atomic E-state index is 13.1. The highest BCUT2D eigenvalue weighted by molar-refractivity contribution is 6.00. The average molecular weight is 507 g/mol. The number of aliphatic hydroxyl groups excluding tert-OH is 1. The van der Waals surface area contributed by atoms with Crippen LogP contribution in [0.4, 0.5) is 23.7 Å². The molecule has 2 aromatic heterocycles. The number of alkyl halides is 3. The van der Waals surface area contributed by atoms with Crippen molar-refractivity contribution in [3.8, 4) is 5.88 Å². The number of benzene rings is 1. The van der Waals surface area contributed by atoms with E-state index >= 15 is 0 Å². The van der Waals surface area contributed by atoms with Crippen LogP contribution in [0.5, 0.6) is 5.88 Å². The molecule has 2 amide bonds. The van der Waals surface area contributed by atoms with Gasteiger partial charge in [0.15, 0.2) is 0 Å². The molecule has 0 unspecified atom stereocenters. The predicted octanol–water partition coefficient (Wildman–Crippen LogP) is 4.69. The molecule has 0 aliphatic heterocycles. The number of carbonyl (C=O) groups excluding carboxylic acids is 1. The largest absolute Gasteiger partial charge is 0.477 e. The highest BCUT2D eigenvalue weighted by Gasteiger charge is 2.33. The Morgan fingerprint density at radius 2 is 1.92 bits per heavy atom. The lowest BCUT2D eigenvalue weighted by molar-refractivity contribution is -0.141. The van der Waals surface area contributed by atoms with Gasteiger partial charge in [-0.05, 0) is 36.8 Å². The Hall–Kier alpha value is -3.60. The van der Waals surface area contributed by atoms with Crippen LogP contribution in [0.1, 0.15) is 43.9 Å². The minimum Gasteiger partial charge on any atom is -0.477 e. The fraction of sp³-hybridized carbons (Fsp3) is 0.400. The van der Waals surface area contributed by atoms with Gasteiger partial charge in [-0.3, -0.25) is 4.79 Å². The molecule has 0 saturated heterocycles. The van der Waals surface area contributed by atoms with Crippen LogP contribution in [0.25, 0.3) is 10.9 Å². The number of nitrogens with one attached hydrogen (secondary N) is 2. The average Bonchev–Trinajstić information content (AvgIpc) is 2.84. The van der Waals surface area contributed by atoms with Gasteiger partial charge in [0.25, 0.3) is 5.56 Å². The second kappa shape index (κ2) is 12.4. The van der Waals surface area contributed by atoms with Crippen LogP contribution in [0.15, 0.2) is 47.3 Å². The molecule has 0 fully saturated rings. The van der Waals surface area contributed by atoms with Crippen LogP contribution >= 0.6 is 0 Å². The summed E-state index contributed by atoms with van der Waals surface area (Å²) in [7, 11) is 0. The third kappa shape index (κ3) is 6.97. The van der Waals surface area contributed by atoms with Gasteiger partial charge in [0, 0.05) is 30.1 Å². The van der Waals surface area contributed by atoms with E-state index in [1.165, 1.54) is 16.7 Å². The molecule has 0 bridgehead atoms. The van der Waals surface area contributed by atoms with Crippen LogP contribution in [0.2, 0.25) is 0 Å². The van der Waals surface area contributed by atoms with Gasteiger partial charge in [0.1, 0.15) is 5.69 Å². The first-order valence-electron chi connectivity index (χ1n) is 11.7. The van der Waals surface area contributed by atoms with Crippen LogP contribution in [0.3, 0.4) is 0 Å². The molecule has 2 heterocycles. The first-order chi connectivity index (χ1) is 17.2. The zero-order valence-electron chi connectivity index (χ0n) is 19.9. The summed E-state index contributed by atoms with van der Waals surface area (Å²) < 4.78 is 46.4. The Labute approximate surface area is 206 Å². The summed E-state index contributed by atoms with van der Waals surface area (Å²) in [6.45, 7) is 2.05. The van der Waals surface area contributed by atoms with Gasteiger partial charge < -0.3 is 25.0 Å². The zero-order chi connectivity index (χ0) is 26.1. The topological polar surface area (TPSA) is 105 Å². The molecule has 0 saturated carbocycles. The number of halogens is 3. The summed E-state index contributed by atoms with van der Waals surface area (Å²) >= 11 is 0. The summed E-state index contributed by atoms with van der Waals surface area (Å²) in [5, 5.41) is 15.2. The summed E-state index contributed by atoms with van der Waals surface area (Å²) in [5.41, 5.74) is -0.0721. The normalized spacial score (nSPS) is 11.5. The van der Waals surface area contributed by atoms with Crippen molar-refractivity contribution >= 4 is 22.6 Å². The standard InChI is InChI=1S/C25H29F3N4O4/c1-2-3-4-5-15-36-23-17(9-11-21(31-23)25(26,27)28)16-29-24(35)30-19-7-6-8-20-18(19)10-12-22(34)32(20)13-14-33/h6-12,33H,2-5,13-16H2,1H3,(H2,29,30,35). The van der Waals surface area contributed by atoms with Gasteiger partial charge in [-0.25, -0.2) is 9.78 Å². The molecular formula is C25H29F3N4O4. The molecule has 3 rings (SSSR count). The van der Waals surface area contributed by atoms with Crippen molar-refractivity contribution in [2.45, 2.75) is 51.9 Å². The minimum absolute atomic E-state index is 0.105. The van der Waals surface area contributed by atoms with Crippen LogP contribution in [0, 0.1) is 0 Å². The summed E-state index contributed by atoms with van der Waals surface area (Å²) in [6.07, 6.45) is -1.03. The van der Waals surface area contributed by atoms with E-state index in [-0.39, 0.29) is 37.7 Å². The molecular weight excluding hydrogens is 477 g/mol. The number of aliphatic hydroxyl groups is 1. The number of unbranched alkanes of at least 4 members (excludes halogenated alkanes) is 3. The molecule has 36 heavy (non-hydrogen) atoms. The van der Waals surface area contributed by atoms with Crippen LogP contribution in [-0.2, 0) is 19.3 Å². The molecule has 11 heteroatoms. The number of ether oxygens (including phenoxy) is 1. The lowest BCUT2D eigenvalue weighted by Crippen LogP contribution is -2.29. The van der Waals surface area contributed by atoms with Crippen LogP contribution < -0.4 is 20.9 Å². The van der Waals surface area contributed by atoms with Gasteiger partial charge in [0.05, 0.1) is 24.4 Å². The molecule has 3 aromatic rings. The van der Waals surface area contributed by atoms with E-state index in [9.17, 15) is 27.9 Å². The van der Waals surface area contributed by atoms with E-state index in [2.05, 4.69) is 22.5 Å². The number of anilines is 1. The minimum atomic E-state index is -4.62. The number of rotatable bonds is 11. The molecule has 0 aliphatic rings. The van der Waals surface area contributed by atoms with Gasteiger partial charge in [-0.1, -0.05) is 32.3 Å². The second-order valence-corrected chi connectivity index (χ2v) is 8.16. The number of fused-ring (bicyclic) bond motifs is 1. The van der Waals surface area contributed by atoms with Crippen molar-refractivity contribution in [2.75, 3.05) is 18.5 Å². The van der Waals surface area contributed by atoms with E-state index in [4.69, 9.17) is 4.74 Å². The van der Waals surface area contributed by atoms with Crippen molar-refractivity contribution in [1.82, 2.24) is 14.9 Å². The Balaban J connectivity index is 1.73. The SMILES string of the molecule is CCCCCCOc1nc(C(F)(F)F)ccc1CNC(=O)Nc1cccc2c1ccc(=O)n2CCO. The predicted molar refractivity (Wildman–Crippen MR) is 130 cm³/mol. The second-order valence-electron chi connectivity index (χ2n) is 8.16. The van der Waals surface area contributed by atoms with Crippen molar-refractivity contribution in [3.63, 3.8) is 0 Å². The maximum absolute atomic E-state index is 13.1. The van der Waals surface area contributed by atoms with E-state index in [0.717, 1.165) is 25.3 Å². The summed E-state index contributed by atoms with van der Waals surface area (Å²) in [5.74, 6) is -0.167. The molecule has 3 N–H and O–H groups in total. The number of urea groups is 1. The van der Waals surface area contributed by atoms with E-state index < -0.39 is 17.9 Å². The molecule has 8 nitrogen and oxygen atoms in total. The molecule has 0 atom stereocenters. The van der Waals surface area contributed by atoms with Gasteiger partial charge in [-0.2, -0.15) is 13.2 Å². The van der Waals surface area contributed by atoms with Crippen molar-refractivity contribution in [3.05, 3.63) is 64.1 Å². The lowest BCUT2D eigenvalue weighted by Gasteiger charge is -2.15. The number of carbonyl (C=O) groups is 1. The Morgan fingerprint density at radius 3 is 2.64 bits per heavy atom. The smallest absolute Gasteiger partial charge is 0.433 e. The highest BCUT2D eigenvalue weighted by Crippen LogP contribution is 2.30. The number of aromatic nitrogens is 2. The van der Waals surface area contributed by atoms with Crippen molar-refractivity contribution < 1.29 is 27.8 Å². The van der Waals surface area contributed by atoms with Gasteiger partial charge >= 0.3 is 12.2 Å². The molecule has 0 spiro atoms. The number of hydrogen-bond donors (Lipinski definition) is 3. The quantitative estimate of drug-likeness (QED) is 0.327. The molecule has 1 aromatic carbocycles.